The molecular weight excluding hydrogens is 402 g/mol. The molecule has 30 heavy (non-hydrogen) atoms. The van der Waals surface area contributed by atoms with E-state index in [0.29, 0.717) is 12.8 Å². The standard InChI is InChI=1S/C23H29NO5S/c1-5-20-7-6-13-21-10-29-23(28,22(13,18(20)27)14(25)9-20)17(26)15(21)19(3,4)8-12-16(21)24-11(2)30-12/h5,13,15,17-18,26-28H,1,6-10H2,2-4H3/t13?,15?,17-,18+,20?,21-,22-,23+/m0/s1. The Bertz CT molecular complexity index is 1000. The van der Waals surface area contributed by atoms with Crippen LogP contribution >= 0.6 is 11.3 Å². The van der Waals surface area contributed by atoms with Gasteiger partial charge >= 0.3 is 0 Å². The summed E-state index contributed by atoms with van der Waals surface area (Å²) < 4.78 is 6.07. The van der Waals surface area contributed by atoms with Crippen LogP contribution in [-0.2, 0) is 21.4 Å². The summed E-state index contributed by atoms with van der Waals surface area (Å²) in [5.41, 5.74) is -2.45. The topological polar surface area (TPSA) is 99.9 Å². The molecule has 3 saturated carbocycles. The molecule has 5 fully saturated rings. The molecule has 0 radical (unpaired) electrons. The van der Waals surface area contributed by atoms with Crippen molar-refractivity contribution in [1.82, 2.24) is 4.98 Å². The fourth-order valence-electron chi connectivity index (χ4n) is 8.57. The van der Waals surface area contributed by atoms with Gasteiger partial charge in [-0.1, -0.05) is 19.9 Å². The highest BCUT2D eigenvalue weighted by atomic mass is 32.1. The molecule has 162 valence electrons. The van der Waals surface area contributed by atoms with Crippen LogP contribution in [0.3, 0.4) is 0 Å². The lowest BCUT2D eigenvalue weighted by Crippen LogP contribution is -2.85. The first-order valence-corrected chi connectivity index (χ1v) is 11.7. The molecule has 3 heterocycles. The number of carbonyl (C=O) groups excluding carboxylic acids is 1. The van der Waals surface area contributed by atoms with Crippen molar-refractivity contribution >= 4 is 17.1 Å². The maximum Gasteiger partial charge on any atom is 0.208 e. The molecule has 0 amide bonds. The van der Waals surface area contributed by atoms with E-state index in [2.05, 4.69) is 20.4 Å². The third-order valence-corrected chi connectivity index (χ3v) is 10.5. The highest BCUT2D eigenvalue weighted by molar-refractivity contribution is 7.11. The van der Waals surface area contributed by atoms with Crippen molar-refractivity contribution in [3.05, 3.63) is 28.2 Å². The summed E-state index contributed by atoms with van der Waals surface area (Å²) in [6, 6.07) is 0. The first-order chi connectivity index (χ1) is 14.0. The number of thiazole rings is 1. The number of aliphatic hydroxyl groups is 3. The largest absolute Gasteiger partial charge is 0.391 e. The molecule has 2 spiro atoms. The van der Waals surface area contributed by atoms with Gasteiger partial charge in [0.25, 0.3) is 0 Å². The Balaban J connectivity index is 1.70. The Morgan fingerprint density at radius 2 is 2.03 bits per heavy atom. The van der Waals surface area contributed by atoms with Crippen molar-refractivity contribution < 1.29 is 24.9 Å². The summed E-state index contributed by atoms with van der Waals surface area (Å²) in [6.07, 6.45) is 1.44. The number of ketones is 1. The van der Waals surface area contributed by atoms with Gasteiger partial charge in [-0.15, -0.1) is 17.9 Å². The van der Waals surface area contributed by atoms with Crippen molar-refractivity contribution in [2.75, 3.05) is 6.61 Å². The molecule has 8 atom stereocenters. The second-order valence-corrected chi connectivity index (χ2v) is 12.3. The third-order valence-electron chi connectivity index (χ3n) is 9.50. The molecule has 1 aromatic heterocycles. The van der Waals surface area contributed by atoms with Crippen LogP contribution in [0.5, 0.6) is 0 Å². The molecule has 2 aliphatic heterocycles. The number of ether oxygens (including phenoxy) is 1. The second-order valence-electron chi connectivity index (χ2n) is 11.0. The van der Waals surface area contributed by atoms with Crippen LogP contribution in [0.2, 0.25) is 0 Å². The van der Waals surface area contributed by atoms with Gasteiger partial charge in [0.15, 0.2) is 0 Å². The monoisotopic (exact) mass is 431 g/mol. The molecule has 7 heteroatoms. The van der Waals surface area contributed by atoms with E-state index in [-0.39, 0.29) is 36.1 Å². The van der Waals surface area contributed by atoms with Crippen LogP contribution in [0, 0.1) is 35.0 Å². The lowest BCUT2D eigenvalue weighted by atomic mass is 9.36. The van der Waals surface area contributed by atoms with Crippen LogP contribution in [0.25, 0.3) is 0 Å². The summed E-state index contributed by atoms with van der Waals surface area (Å²) in [6.45, 7) is 10.4. The number of carbonyl (C=O) groups is 1. The first kappa shape index (κ1) is 19.6. The van der Waals surface area contributed by atoms with Gasteiger partial charge < -0.3 is 20.1 Å². The van der Waals surface area contributed by atoms with E-state index in [1.54, 1.807) is 17.4 Å². The van der Waals surface area contributed by atoms with Crippen LogP contribution in [0.4, 0.5) is 0 Å². The zero-order valence-corrected chi connectivity index (χ0v) is 18.5. The molecule has 4 bridgehead atoms. The molecule has 3 N–H and O–H groups in total. The second kappa shape index (κ2) is 5.26. The van der Waals surface area contributed by atoms with Crippen molar-refractivity contribution in [3.63, 3.8) is 0 Å². The normalized spacial score (nSPS) is 52.5. The van der Waals surface area contributed by atoms with E-state index in [9.17, 15) is 20.1 Å². The number of rotatable bonds is 1. The average Bonchev–Trinajstić information content (AvgIpc) is 3.08. The zero-order valence-electron chi connectivity index (χ0n) is 17.6. The number of Topliss-reactive ketones (excluding diaryl/α,β-unsaturated/α-hetero) is 1. The van der Waals surface area contributed by atoms with Crippen molar-refractivity contribution in [1.29, 1.82) is 0 Å². The maximum absolute atomic E-state index is 13.7. The smallest absolute Gasteiger partial charge is 0.208 e. The molecule has 6 nitrogen and oxygen atoms in total. The molecule has 0 aromatic carbocycles. The summed E-state index contributed by atoms with van der Waals surface area (Å²) in [7, 11) is 0. The van der Waals surface area contributed by atoms with E-state index < -0.39 is 34.2 Å². The van der Waals surface area contributed by atoms with Crippen molar-refractivity contribution in [2.24, 2.45) is 28.1 Å². The summed E-state index contributed by atoms with van der Waals surface area (Å²) in [5.74, 6) is -2.97. The Morgan fingerprint density at radius 3 is 2.73 bits per heavy atom. The predicted octanol–water partition coefficient (Wildman–Crippen LogP) is 1.88. The first-order valence-electron chi connectivity index (χ1n) is 10.9. The number of aromatic nitrogens is 1. The van der Waals surface area contributed by atoms with Gasteiger partial charge in [0, 0.05) is 28.0 Å². The van der Waals surface area contributed by atoms with Gasteiger partial charge in [-0.25, -0.2) is 4.98 Å². The van der Waals surface area contributed by atoms with Crippen LogP contribution < -0.4 is 0 Å². The Kier molecular flexibility index (Phi) is 3.43. The van der Waals surface area contributed by atoms with E-state index in [1.165, 1.54) is 4.88 Å². The average molecular weight is 432 g/mol. The van der Waals surface area contributed by atoms with E-state index in [4.69, 9.17) is 9.72 Å². The third kappa shape index (κ3) is 1.67. The van der Waals surface area contributed by atoms with Gasteiger partial charge in [0.2, 0.25) is 5.79 Å². The predicted molar refractivity (Wildman–Crippen MR) is 110 cm³/mol. The van der Waals surface area contributed by atoms with Gasteiger partial charge in [-0.3, -0.25) is 4.79 Å². The Labute approximate surface area is 180 Å². The van der Waals surface area contributed by atoms with E-state index in [1.807, 2.05) is 6.92 Å². The number of aryl methyl sites for hydroxylation is 1. The number of nitrogens with zero attached hydrogens (tertiary/aromatic N) is 1. The van der Waals surface area contributed by atoms with E-state index in [0.717, 1.165) is 17.1 Å². The number of fused-ring (bicyclic) bond motifs is 3. The lowest BCUT2D eigenvalue weighted by Gasteiger charge is -2.73. The molecule has 7 rings (SSSR count). The van der Waals surface area contributed by atoms with Gasteiger partial charge in [-0.05, 0) is 37.5 Å². The van der Waals surface area contributed by atoms with Crippen LogP contribution in [-0.4, -0.2) is 50.7 Å². The molecular formula is C23H29NO5S. The molecule has 4 aliphatic carbocycles. The van der Waals surface area contributed by atoms with Crippen molar-refractivity contribution in [3.8, 4) is 0 Å². The molecule has 2 saturated heterocycles. The lowest BCUT2D eigenvalue weighted by molar-refractivity contribution is -0.431. The summed E-state index contributed by atoms with van der Waals surface area (Å²) >= 11 is 1.67. The quantitative estimate of drug-likeness (QED) is 0.587. The Morgan fingerprint density at radius 1 is 1.30 bits per heavy atom. The van der Waals surface area contributed by atoms with Crippen LogP contribution in [0.1, 0.15) is 48.7 Å². The molecule has 1 aromatic rings. The number of hydrogen-bond acceptors (Lipinski definition) is 7. The fraction of sp³-hybridized carbons (Fsp3) is 0.739. The van der Waals surface area contributed by atoms with Crippen LogP contribution in [0.15, 0.2) is 12.7 Å². The van der Waals surface area contributed by atoms with E-state index >= 15 is 0 Å². The fourth-order valence-corrected chi connectivity index (χ4v) is 9.84. The summed E-state index contributed by atoms with van der Waals surface area (Å²) in [5, 5.41) is 36.2. The highest BCUT2D eigenvalue weighted by Gasteiger charge is 2.87. The minimum absolute atomic E-state index is 0.125. The van der Waals surface area contributed by atoms with Gasteiger partial charge in [0.1, 0.15) is 17.3 Å². The minimum atomic E-state index is -2.11. The summed E-state index contributed by atoms with van der Waals surface area (Å²) in [4.78, 5) is 19.8. The van der Waals surface area contributed by atoms with Crippen molar-refractivity contribution in [2.45, 2.75) is 69.9 Å². The zero-order chi connectivity index (χ0) is 21.5. The highest BCUT2D eigenvalue weighted by Crippen LogP contribution is 2.77. The molecule has 3 unspecified atom stereocenters. The number of hydrogen-bond donors (Lipinski definition) is 3. The minimum Gasteiger partial charge on any atom is -0.391 e. The van der Waals surface area contributed by atoms with Gasteiger partial charge in [0.05, 0.1) is 23.4 Å². The Hall–Kier alpha value is -1.12. The van der Waals surface area contributed by atoms with Gasteiger partial charge in [-0.2, -0.15) is 0 Å². The number of aliphatic hydroxyl groups excluding tert-OH is 2. The molecule has 6 aliphatic rings. The SMILES string of the molecule is C=CC12CCC3[C@@]45CO[C@](O)([C@@H](O)C4C(C)(C)Cc4sc(C)nc45)[C@@]3(C(=O)C1)[C@@H]2O. The maximum atomic E-state index is 13.7.